The predicted molar refractivity (Wildman–Crippen MR) is 88.2 cm³/mol. The van der Waals surface area contributed by atoms with E-state index in [-0.39, 0.29) is 10.3 Å². The van der Waals surface area contributed by atoms with Gasteiger partial charge >= 0.3 is 0 Å². The molecule has 0 saturated heterocycles. The maximum absolute atomic E-state index is 13.0. The second-order valence-electron chi connectivity index (χ2n) is 7.51. The molecule has 3 unspecified atom stereocenters. The first kappa shape index (κ1) is 18.9. The Labute approximate surface area is 121 Å². The Kier molecular flexibility index (Phi) is 6.58. The first-order chi connectivity index (χ1) is 8.38. The predicted octanol–water partition coefficient (Wildman–Crippen LogP) is 5.12. The molecule has 0 saturated carbocycles. The minimum atomic E-state index is -2.15. The molecule has 0 fully saturated rings. The van der Waals surface area contributed by atoms with E-state index in [1.54, 1.807) is 0 Å². The fraction of sp³-hybridized carbons (Fsp3) is 1.00. The summed E-state index contributed by atoms with van der Waals surface area (Å²) >= 11 is 0. The maximum atomic E-state index is 13.0. The Hall–Kier alpha value is -0.0500. The maximum Gasteiger partial charge on any atom is 0.0649 e. The van der Waals surface area contributed by atoms with Gasteiger partial charge < -0.3 is 0 Å². The molecule has 0 aliphatic heterocycles. The second kappa shape index (κ2) is 6.60. The van der Waals surface area contributed by atoms with Crippen LogP contribution < -0.4 is 0 Å². The van der Waals surface area contributed by atoms with Crippen molar-refractivity contribution in [2.75, 3.05) is 5.75 Å². The molecular weight excluding hydrogens is 254 g/mol. The smallest absolute Gasteiger partial charge is 0.0649 e. The van der Waals surface area contributed by atoms with Crippen LogP contribution in [0.5, 0.6) is 0 Å². The number of hydrogen-bond acceptors (Lipinski definition) is 2. The molecule has 0 N–H and O–H groups in total. The van der Waals surface area contributed by atoms with Gasteiger partial charge in [0.1, 0.15) is 0 Å². The van der Waals surface area contributed by atoms with Crippen LogP contribution in [0.2, 0.25) is 0 Å². The van der Waals surface area contributed by atoms with Gasteiger partial charge in [0.25, 0.3) is 0 Å². The lowest BCUT2D eigenvalue weighted by atomic mass is 9.84. The van der Waals surface area contributed by atoms with E-state index in [1.807, 2.05) is 27.7 Å². The van der Waals surface area contributed by atoms with Gasteiger partial charge in [-0.05, 0) is 52.9 Å². The summed E-state index contributed by atoms with van der Waals surface area (Å²) in [7, 11) is -2.15. The van der Waals surface area contributed by atoms with Gasteiger partial charge in [-0.2, -0.15) is 0 Å². The van der Waals surface area contributed by atoms with E-state index in [1.165, 1.54) is 6.42 Å². The van der Waals surface area contributed by atoms with E-state index in [0.29, 0.717) is 17.6 Å². The largest absolute Gasteiger partial charge is 0.249 e. The van der Waals surface area contributed by atoms with Gasteiger partial charge in [0.15, 0.2) is 0 Å². The van der Waals surface area contributed by atoms with E-state index in [9.17, 15) is 4.21 Å². The Morgan fingerprint density at radius 3 is 1.79 bits per heavy atom. The topological polar surface area (TPSA) is 29.4 Å². The van der Waals surface area contributed by atoms with Gasteiger partial charge in [-0.3, -0.25) is 0 Å². The van der Waals surface area contributed by atoms with Gasteiger partial charge in [0, 0.05) is 10.5 Å². The van der Waals surface area contributed by atoms with Crippen molar-refractivity contribution in [2.45, 2.75) is 85.4 Å². The summed E-state index contributed by atoms with van der Waals surface area (Å²) in [6.07, 6.45) is 2.20. The van der Waals surface area contributed by atoms with Crippen LogP contribution >= 0.6 is 0 Å². The molecule has 0 aliphatic rings. The quantitative estimate of drug-likeness (QED) is 0.667. The van der Waals surface area contributed by atoms with Crippen molar-refractivity contribution < 1.29 is 4.21 Å². The average Bonchev–Trinajstić information content (AvgIpc) is 2.24. The molecule has 2 nitrogen and oxygen atoms in total. The molecule has 116 valence electrons. The van der Waals surface area contributed by atoms with Crippen LogP contribution in [0.15, 0.2) is 4.36 Å². The van der Waals surface area contributed by atoms with Crippen LogP contribution in [0.25, 0.3) is 0 Å². The lowest BCUT2D eigenvalue weighted by Crippen LogP contribution is -2.34. The van der Waals surface area contributed by atoms with Gasteiger partial charge in [-0.15, -0.1) is 0 Å². The van der Waals surface area contributed by atoms with E-state index >= 15 is 0 Å². The summed E-state index contributed by atoms with van der Waals surface area (Å²) in [5.74, 6) is 1.95. The zero-order chi connectivity index (χ0) is 15.5. The Morgan fingerprint density at radius 1 is 1.00 bits per heavy atom. The Morgan fingerprint density at radius 2 is 1.47 bits per heavy atom. The number of rotatable bonds is 6. The van der Waals surface area contributed by atoms with E-state index < -0.39 is 9.73 Å². The zero-order valence-electron chi connectivity index (χ0n) is 14.5. The van der Waals surface area contributed by atoms with Crippen LogP contribution in [-0.2, 0) is 9.73 Å². The molecule has 0 radical (unpaired) electrons. The lowest BCUT2D eigenvalue weighted by Gasteiger charge is -2.32. The van der Waals surface area contributed by atoms with Crippen molar-refractivity contribution >= 4 is 9.73 Å². The Bertz CT molecular complexity index is 384. The molecule has 0 heterocycles. The van der Waals surface area contributed by atoms with Crippen molar-refractivity contribution in [1.29, 1.82) is 0 Å². The van der Waals surface area contributed by atoms with Crippen LogP contribution in [0.4, 0.5) is 0 Å². The van der Waals surface area contributed by atoms with E-state index in [2.05, 4.69) is 34.6 Å². The van der Waals surface area contributed by atoms with Gasteiger partial charge in [0.2, 0.25) is 0 Å². The van der Waals surface area contributed by atoms with Crippen molar-refractivity contribution in [3.63, 3.8) is 0 Å². The van der Waals surface area contributed by atoms with Gasteiger partial charge in [-0.1, -0.05) is 34.1 Å². The molecule has 0 bridgehead atoms. The van der Waals surface area contributed by atoms with Crippen LogP contribution in [-0.4, -0.2) is 20.2 Å². The summed E-state index contributed by atoms with van der Waals surface area (Å²) in [5.41, 5.74) is -0.205. The molecule has 3 atom stereocenters. The highest BCUT2D eigenvalue weighted by Gasteiger charge is 2.30. The summed E-state index contributed by atoms with van der Waals surface area (Å²) in [6.45, 7) is 19.2. The van der Waals surface area contributed by atoms with Crippen molar-refractivity contribution in [2.24, 2.45) is 16.2 Å². The van der Waals surface area contributed by atoms with Crippen LogP contribution in [0.3, 0.4) is 0 Å². The highest BCUT2D eigenvalue weighted by Crippen LogP contribution is 2.31. The summed E-state index contributed by atoms with van der Waals surface area (Å²) in [6, 6.07) is 0. The van der Waals surface area contributed by atoms with Crippen molar-refractivity contribution in [3.05, 3.63) is 0 Å². The fourth-order valence-electron chi connectivity index (χ4n) is 2.46. The van der Waals surface area contributed by atoms with Gasteiger partial charge in [0.05, 0.1) is 15.3 Å². The first-order valence-corrected chi connectivity index (χ1v) is 9.32. The summed E-state index contributed by atoms with van der Waals surface area (Å²) in [5, 5.41) is 0. The molecule has 0 aromatic rings. The Balaban J connectivity index is 5.28. The number of nitrogens with zero attached hydrogens (tertiary/aromatic N) is 1. The third-order valence-corrected chi connectivity index (χ3v) is 7.67. The fourth-order valence-corrected chi connectivity index (χ4v) is 4.60. The van der Waals surface area contributed by atoms with E-state index in [4.69, 9.17) is 4.36 Å². The summed E-state index contributed by atoms with van der Waals surface area (Å²) < 4.78 is 17.6. The average molecular weight is 290 g/mol. The molecule has 0 rings (SSSR count). The normalized spacial score (nSPS) is 19.6. The second-order valence-corrected chi connectivity index (χ2v) is 10.8. The first-order valence-electron chi connectivity index (χ1n) is 7.64. The standard InChI is InChI=1S/C16H35NOS/c1-10-13(3)14(4)12-16(8,9)17-19(18,11-2)15(5,6)7/h13-14H,10-12H2,1-9H3. The highest BCUT2D eigenvalue weighted by molar-refractivity contribution is 7.94. The monoisotopic (exact) mass is 289 g/mol. The molecular formula is C16H35NOS. The van der Waals surface area contributed by atoms with Crippen LogP contribution in [0, 0.1) is 11.8 Å². The summed E-state index contributed by atoms with van der Waals surface area (Å²) in [4.78, 5) is 0. The van der Waals surface area contributed by atoms with Crippen molar-refractivity contribution in [1.82, 2.24) is 0 Å². The molecule has 19 heavy (non-hydrogen) atoms. The third-order valence-electron chi connectivity index (χ3n) is 4.18. The van der Waals surface area contributed by atoms with E-state index in [0.717, 1.165) is 6.42 Å². The molecule has 0 spiro atoms. The molecule has 0 aliphatic carbocycles. The SMILES string of the molecule is CCC(C)C(C)CC(C)(C)N=S(=O)(CC)C(C)(C)C. The molecule has 0 aromatic carbocycles. The molecule has 3 heteroatoms. The molecule has 0 amide bonds. The number of hydrogen-bond donors (Lipinski definition) is 0. The van der Waals surface area contributed by atoms with Crippen LogP contribution in [0.1, 0.15) is 75.2 Å². The third kappa shape index (κ3) is 5.45. The lowest BCUT2D eigenvalue weighted by molar-refractivity contribution is 0.292. The minimum Gasteiger partial charge on any atom is -0.249 e. The highest BCUT2D eigenvalue weighted by atomic mass is 32.2. The molecule has 0 aromatic heterocycles. The van der Waals surface area contributed by atoms with Gasteiger partial charge in [-0.25, -0.2) is 8.57 Å². The zero-order valence-corrected chi connectivity index (χ0v) is 15.4. The van der Waals surface area contributed by atoms with Crippen molar-refractivity contribution in [3.8, 4) is 0 Å². The minimum absolute atomic E-state index is 0.205.